The standard InChI is InChI=1S/C50H51FN6O8/c1-28(2)47(52)42(58)17-29(3)48(59)55-35-13-9-31(10-14-35)33-19-37-25-54-41-23-46(44(63-5)21-39(41)50(61)57(37)27-33)65-16-6-15-64-45-22-40-38(20-43(45)62-4)49(60)56-26-32(18-36(56)24-53-40)30-7-11-34(51)12-8-30/h7-14,20-29,36-37,47H,6,15-19,52H2,1-5H3,(H,55,59)/t29-,36+,37+,47+/m1/s1. The lowest BCUT2D eigenvalue weighted by Gasteiger charge is -2.19. The quantitative estimate of drug-likeness (QED) is 0.105. The van der Waals surface area contributed by atoms with E-state index in [0.717, 1.165) is 22.3 Å². The molecule has 0 saturated heterocycles. The number of hydrogen-bond acceptors (Lipinski definition) is 11. The van der Waals surface area contributed by atoms with Gasteiger partial charge in [0, 0.05) is 74.3 Å². The van der Waals surface area contributed by atoms with E-state index in [1.807, 2.05) is 32.2 Å². The number of ether oxygens (including phenoxy) is 4. The summed E-state index contributed by atoms with van der Waals surface area (Å²) in [5, 5.41) is 2.88. The average Bonchev–Trinajstić information content (AvgIpc) is 3.88. The van der Waals surface area contributed by atoms with Crippen LogP contribution >= 0.6 is 0 Å². The molecule has 4 atom stereocenters. The maximum absolute atomic E-state index is 14.0. The van der Waals surface area contributed by atoms with Crippen molar-refractivity contribution in [3.05, 3.63) is 113 Å². The maximum Gasteiger partial charge on any atom is 0.260 e. The summed E-state index contributed by atoms with van der Waals surface area (Å²) in [5.74, 6) is -0.0842. The molecule has 14 nitrogen and oxygen atoms in total. The van der Waals surface area contributed by atoms with Crippen molar-refractivity contribution in [1.29, 1.82) is 0 Å². The van der Waals surface area contributed by atoms with Crippen molar-refractivity contribution in [2.24, 2.45) is 27.6 Å². The number of carbonyl (C=O) groups excluding carboxylic acids is 4. The lowest BCUT2D eigenvalue weighted by molar-refractivity contribution is -0.127. The van der Waals surface area contributed by atoms with Crippen LogP contribution in [-0.4, -0.2) is 91.3 Å². The molecule has 4 aliphatic rings. The van der Waals surface area contributed by atoms with Gasteiger partial charge in [-0.05, 0) is 64.6 Å². The Balaban J connectivity index is 0.864. The predicted octanol–water partition coefficient (Wildman–Crippen LogP) is 8.15. The summed E-state index contributed by atoms with van der Waals surface area (Å²) >= 11 is 0. The van der Waals surface area contributed by atoms with Crippen LogP contribution in [0.3, 0.4) is 0 Å². The number of nitrogens with one attached hydrogen (secondary N) is 1. The van der Waals surface area contributed by atoms with E-state index in [1.165, 1.54) is 26.4 Å². The third kappa shape index (κ3) is 9.41. The van der Waals surface area contributed by atoms with E-state index in [9.17, 15) is 23.6 Å². The van der Waals surface area contributed by atoms with Gasteiger partial charge in [0.15, 0.2) is 28.8 Å². The summed E-state index contributed by atoms with van der Waals surface area (Å²) in [6.07, 6.45) is 8.77. The van der Waals surface area contributed by atoms with Crippen LogP contribution in [0.4, 0.5) is 21.5 Å². The summed E-state index contributed by atoms with van der Waals surface area (Å²) in [4.78, 5) is 65.6. The van der Waals surface area contributed by atoms with E-state index in [4.69, 9.17) is 29.7 Å². The molecule has 8 rings (SSSR count). The SMILES string of the molecule is COc1cc2c(cc1OCCCOc1cc3c(cc1OC)C(=O)N1C=C(c4ccc(NC(=O)[C@H](C)CC(=O)[C@@H](N)C(C)C)cc4)C[C@H]1C=N3)N=C[C@@H]1CC(c3ccc(F)cc3)=CN1C2=O. The van der Waals surface area contributed by atoms with E-state index in [-0.39, 0.29) is 67.0 Å². The Bertz CT molecular complexity index is 2640. The molecule has 0 spiro atoms. The third-order valence-corrected chi connectivity index (χ3v) is 12.0. The second-order valence-electron chi connectivity index (χ2n) is 16.8. The molecule has 4 aromatic rings. The van der Waals surface area contributed by atoms with Crippen molar-refractivity contribution in [3.8, 4) is 23.0 Å². The van der Waals surface area contributed by atoms with Crippen LogP contribution in [0.1, 0.15) is 78.3 Å². The number of amides is 3. The number of nitrogens with two attached hydrogens (primary N) is 1. The average molecular weight is 883 g/mol. The van der Waals surface area contributed by atoms with E-state index in [2.05, 4.69) is 10.3 Å². The number of methoxy groups -OCH3 is 2. The van der Waals surface area contributed by atoms with Crippen LogP contribution in [0.2, 0.25) is 0 Å². The Kier molecular flexibility index (Phi) is 12.9. The van der Waals surface area contributed by atoms with Crippen LogP contribution < -0.4 is 30.0 Å². The van der Waals surface area contributed by atoms with Gasteiger partial charge in [-0.3, -0.25) is 29.2 Å². The molecule has 0 aliphatic carbocycles. The fraction of sp³-hybridized carbons (Fsp3) is 0.320. The van der Waals surface area contributed by atoms with Gasteiger partial charge in [-0.2, -0.15) is 0 Å². The van der Waals surface area contributed by atoms with Crippen molar-refractivity contribution >= 4 is 64.1 Å². The smallest absolute Gasteiger partial charge is 0.260 e. The highest BCUT2D eigenvalue weighted by Gasteiger charge is 2.35. The van der Waals surface area contributed by atoms with Crippen molar-refractivity contribution in [1.82, 2.24) is 9.80 Å². The molecule has 4 aliphatic heterocycles. The van der Waals surface area contributed by atoms with Gasteiger partial charge in [-0.25, -0.2) is 4.39 Å². The minimum Gasteiger partial charge on any atom is -0.493 e. The molecule has 0 bridgehead atoms. The van der Waals surface area contributed by atoms with E-state index < -0.39 is 12.0 Å². The fourth-order valence-electron chi connectivity index (χ4n) is 8.17. The highest BCUT2D eigenvalue weighted by atomic mass is 19.1. The summed E-state index contributed by atoms with van der Waals surface area (Å²) < 4.78 is 37.0. The van der Waals surface area contributed by atoms with Crippen LogP contribution in [0, 0.1) is 17.7 Å². The Morgan fingerprint density at radius 1 is 0.738 bits per heavy atom. The Labute approximate surface area is 376 Å². The second-order valence-corrected chi connectivity index (χ2v) is 16.8. The van der Waals surface area contributed by atoms with Gasteiger partial charge in [-0.1, -0.05) is 45.0 Å². The molecule has 3 N–H and O–H groups in total. The van der Waals surface area contributed by atoms with Crippen molar-refractivity contribution in [3.63, 3.8) is 0 Å². The first-order valence-corrected chi connectivity index (χ1v) is 21.6. The largest absolute Gasteiger partial charge is 0.493 e. The van der Waals surface area contributed by atoms with Gasteiger partial charge in [0.1, 0.15) is 5.82 Å². The predicted molar refractivity (Wildman–Crippen MR) is 246 cm³/mol. The topological polar surface area (TPSA) is 174 Å². The van der Waals surface area contributed by atoms with Crippen molar-refractivity contribution < 1.29 is 42.5 Å². The minimum absolute atomic E-state index is 0.000153. The monoisotopic (exact) mass is 882 g/mol. The molecule has 4 heterocycles. The number of rotatable bonds is 16. The number of Topliss-reactive ketones (excluding diaryl/α,β-unsaturated/α-hetero) is 1. The summed E-state index contributed by atoms with van der Waals surface area (Å²) in [6.45, 7) is 5.98. The molecule has 3 amide bonds. The molecule has 336 valence electrons. The second kappa shape index (κ2) is 18.9. The van der Waals surface area contributed by atoms with Gasteiger partial charge in [0.05, 0.1) is 68.1 Å². The first-order valence-electron chi connectivity index (χ1n) is 21.6. The van der Waals surface area contributed by atoms with Gasteiger partial charge in [-0.15, -0.1) is 0 Å². The first kappa shape index (κ1) is 44.5. The van der Waals surface area contributed by atoms with Crippen LogP contribution in [0.5, 0.6) is 23.0 Å². The van der Waals surface area contributed by atoms with Crippen LogP contribution in [-0.2, 0) is 9.59 Å². The van der Waals surface area contributed by atoms with E-state index >= 15 is 0 Å². The van der Waals surface area contributed by atoms with Crippen molar-refractivity contribution in [2.45, 2.75) is 64.6 Å². The van der Waals surface area contributed by atoms with Gasteiger partial charge >= 0.3 is 0 Å². The fourth-order valence-corrected chi connectivity index (χ4v) is 8.17. The lowest BCUT2D eigenvalue weighted by Crippen LogP contribution is -2.37. The Hall–Kier alpha value is -7.13. The molecular weight excluding hydrogens is 832 g/mol. The molecule has 0 unspecified atom stereocenters. The number of nitrogens with zero attached hydrogens (tertiary/aromatic N) is 4. The zero-order valence-corrected chi connectivity index (χ0v) is 36.9. The zero-order valence-electron chi connectivity index (χ0n) is 36.9. The summed E-state index contributed by atoms with van der Waals surface area (Å²) in [5.41, 5.74) is 11.8. The number of fused-ring (bicyclic) bond motifs is 4. The maximum atomic E-state index is 14.0. The normalized spacial score (nSPS) is 18.1. The molecule has 15 heteroatoms. The number of benzene rings is 4. The highest BCUT2D eigenvalue weighted by molar-refractivity contribution is 6.06. The molecule has 0 fully saturated rings. The number of hydrogen-bond donors (Lipinski definition) is 2. The van der Waals surface area contributed by atoms with E-state index in [1.54, 1.807) is 83.9 Å². The molecular formula is C50H51FN6O8. The van der Waals surface area contributed by atoms with Gasteiger partial charge in [0.2, 0.25) is 5.91 Å². The molecule has 65 heavy (non-hydrogen) atoms. The van der Waals surface area contributed by atoms with Gasteiger partial charge < -0.3 is 39.8 Å². The van der Waals surface area contributed by atoms with Crippen LogP contribution in [0.15, 0.2) is 95.2 Å². The number of ketones is 1. The number of carbonyl (C=O) groups is 4. The molecule has 0 saturated carbocycles. The lowest BCUT2D eigenvalue weighted by atomic mass is 9.93. The summed E-state index contributed by atoms with van der Waals surface area (Å²) in [6, 6.07) is 19.1. The molecule has 4 aromatic carbocycles. The van der Waals surface area contributed by atoms with Gasteiger partial charge in [0.25, 0.3) is 11.8 Å². The van der Waals surface area contributed by atoms with Crippen molar-refractivity contribution in [2.75, 3.05) is 32.8 Å². The summed E-state index contributed by atoms with van der Waals surface area (Å²) in [7, 11) is 3.02. The molecule has 0 aromatic heterocycles. The first-order chi connectivity index (χ1) is 31.3. The molecule has 0 radical (unpaired) electrons. The highest BCUT2D eigenvalue weighted by Crippen LogP contribution is 2.42. The van der Waals surface area contributed by atoms with Crippen LogP contribution in [0.25, 0.3) is 11.1 Å². The zero-order chi connectivity index (χ0) is 45.9. The van der Waals surface area contributed by atoms with E-state index in [0.29, 0.717) is 70.4 Å². The number of anilines is 1. The number of halogens is 1. The Morgan fingerprint density at radius 2 is 1.22 bits per heavy atom. The third-order valence-electron chi connectivity index (χ3n) is 12.0. The minimum atomic E-state index is -0.599. The number of aliphatic imine (C=N–C) groups is 2. The Morgan fingerprint density at radius 3 is 1.68 bits per heavy atom.